The minimum Gasteiger partial charge on any atom is -0.486 e. The molecule has 1 aromatic heterocycles. The number of hydrogen-bond donors (Lipinski definition) is 0. The molecule has 0 spiro atoms. The molecule has 128 valence electrons. The van der Waals surface area contributed by atoms with E-state index >= 15 is 0 Å². The molecule has 1 aromatic carbocycles. The molecule has 2 aromatic rings. The van der Waals surface area contributed by atoms with Crippen molar-refractivity contribution in [2.75, 3.05) is 19.8 Å². The molecule has 7 nitrogen and oxygen atoms in total. The third kappa shape index (κ3) is 3.43. The van der Waals surface area contributed by atoms with Crippen LogP contribution in [0.5, 0.6) is 11.5 Å². The first kappa shape index (κ1) is 16.5. The number of aromatic nitrogens is 1. The Hall–Kier alpha value is -2.35. The molecular weight excluding hydrogens is 332 g/mol. The van der Waals surface area contributed by atoms with Gasteiger partial charge in [0.2, 0.25) is 5.91 Å². The largest absolute Gasteiger partial charge is 0.486 e. The predicted octanol–water partition coefficient (Wildman–Crippen LogP) is 1.87. The summed E-state index contributed by atoms with van der Waals surface area (Å²) in [5.41, 5.74) is 0.855. The minimum absolute atomic E-state index is 0.208. The van der Waals surface area contributed by atoms with Crippen LogP contribution in [0.3, 0.4) is 0 Å². The molecule has 8 heteroatoms. The molecule has 0 atom stereocenters. The zero-order valence-electron chi connectivity index (χ0n) is 13.5. The first-order chi connectivity index (χ1) is 11.6. The average Bonchev–Trinajstić information content (AvgIpc) is 2.86. The van der Waals surface area contributed by atoms with Crippen molar-refractivity contribution in [3.63, 3.8) is 0 Å². The third-order valence-corrected chi connectivity index (χ3v) is 4.49. The van der Waals surface area contributed by atoms with E-state index in [0.717, 1.165) is 10.2 Å². The zero-order chi connectivity index (χ0) is 17.1. The van der Waals surface area contributed by atoms with Gasteiger partial charge in [0.15, 0.2) is 16.3 Å². The first-order valence-corrected chi connectivity index (χ1v) is 8.54. The fourth-order valence-electron chi connectivity index (χ4n) is 2.48. The Bertz CT molecular complexity index is 852. The third-order valence-electron chi connectivity index (χ3n) is 3.44. The number of ether oxygens (including phenoxy) is 3. The molecule has 0 unspecified atom stereocenters. The highest BCUT2D eigenvalue weighted by Crippen LogP contribution is 2.35. The molecule has 0 saturated carbocycles. The molecule has 1 aliphatic heterocycles. The fourth-order valence-corrected chi connectivity index (χ4v) is 3.59. The van der Waals surface area contributed by atoms with Crippen LogP contribution in [-0.4, -0.2) is 36.3 Å². The summed E-state index contributed by atoms with van der Waals surface area (Å²) >= 11 is 1.38. The maximum Gasteiger partial charge on any atom is 0.307 e. The van der Waals surface area contributed by atoms with Crippen LogP contribution in [0.25, 0.3) is 10.2 Å². The summed E-state index contributed by atoms with van der Waals surface area (Å²) in [6.07, 6.45) is 0.208. The number of hydrogen-bond acceptors (Lipinski definition) is 6. The second-order valence-corrected chi connectivity index (χ2v) is 6.19. The van der Waals surface area contributed by atoms with E-state index in [0.29, 0.717) is 42.7 Å². The van der Waals surface area contributed by atoms with Gasteiger partial charge in [-0.1, -0.05) is 11.3 Å². The number of nitrogens with zero attached hydrogens (tertiary/aromatic N) is 2. The van der Waals surface area contributed by atoms with Gasteiger partial charge in [0.1, 0.15) is 13.2 Å². The molecule has 2 heterocycles. The van der Waals surface area contributed by atoms with Crippen LogP contribution in [0.1, 0.15) is 20.3 Å². The van der Waals surface area contributed by atoms with E-state index in [2.05, 4.69) is 4.99 Å². The SMILES string of the molecule is CCOC(=O)CCn1c(=NC(C)=O)sc2cc3c(cc21)OCCO3. The topological polar surface area (TPSA) is 79.1 Å². The lowest BCUT2D eigenvalue weighted by atomic mass is 10.2. The van der Waals surface area contributed by atoms with Gasteiger partial charge in [0, 0.05) is 25.6 Å². The van der Waals surface area contributed by atoms with E-state index in [9.17, 15) is 9.59 Å². The van der Waals surface area contributed by atoms with Crippen LogP contribution >= 0.6 is 11.3 Å². The molecule has 0 bridgehead atoms. The number of carbonyl (C=O) groups is 2. The minimum atomic E-state index is -0.288. The summed E-state index contributed by atoms with van der Waals surface area (Å²) in [6.45, 7) is 4.90. The highest BCUT2D eigenvalue weighted by atomic mass is 32.1. The molecule has 0 saturated heterocycles. The van der Waals surface area contributed by atoms with Crippen LogP contribution in [0.2, 0.25) is 0 Å². The highest BCUT2D eigenvalue weighted by Gasteiger charge is 2.17. The van der Waals surface area contributed by atoms with Crippen LogP contribution in [0, 0.1) is 0 Å². The van der Waals surface area contributed by atoms with Crippen LogP contribution in [0.4, 0.5) is 0 Å². The van der Waals surface area contributed by atoms with Crippen molar-refractivity contribution in [2.45, 2.75) is 26.8 Å². The smallest absolute Gasteiger partial charge is 0.307 e. The van der Waals surface area contributed by atoms with Crippen molar-refractivity contribution >= 4 is 33.4 Å². The monoisotopic (exact) mass is 350 g/mol. The van der Waals surface area contributed by atoms with E-state index in [4.69, 9.17) is 14.2 Å². The number of esters is 1. The summed E-state index contributed by atoms with van der Waals surface area (Å²) in [6, 6.07) is 3.75. The Balaban J connectivity index is 2.05. The number of aryl methyl sites for hydroxylation is 1. The molecule has 1 amide bonds. The second-order valence-electron chi connectivity index (χ2n) is 5.19. The van der Waals surface area contributed by atoms with E-state index in [-0.39, 0.29) is 18.3 Å². The first-order valence-electron chi connectivity index (χ1n) is 7.72. The van der Waals surface area contributed by atoms with Gasteiger partial charge in [-0.2, -0.15) is 4.99 Å². The van der Waals surface area contributed by atoms with Gasteiger partial charge in [-0.25, -0.2) is 0 Å². The number of thiazole rings is 1. The number of fused-ring (bicyclic) bond motifs is 2. The summed E-state index contributed by atoms with van der Waals surface area (Å²) < 4.78 is 18.9. The molecule has 0 N–H and O–H groups in total. The van der Waals surface area contributed by atoms with Gasteiger partial charge in [-0.05, 0) is 6.92 Å². The van der Waals surface area contributed by atoms with Crippen molar-refractivity contribution < 1.29 is 23.8 Å². The van der Waals surface area contributed by atoms with Crippen molar-refractivity contribution in [2.24, 2.45) is 4.99 Å². The Morgan fingerprint density at radius 1 is 1.29 bits per heavy atom. The summed E-state index contributed by atoms with van der Waals surface area (Å²) in [4.78, 5) is 27.7. The number of carbonyl (C=O) groups excluding carboxylic acids is 2. The summed E-state index contributed by atoms with van der Waals surface area (Å²) in [5.74, 6) is 0.770. The lowest BCUT2D eigenvalue weighted by Gasteiger charge is -2.18. The molecule has 0 fully saturated rings. The molecule has 3 rings (SSSR count). The average molecular weight is 350 g/mol. The van der Waals surface area contributed by atoms with Crippen molar-refractivity contribution in [3.05, 3.63) is 16.9 Å². The van der Waals surface area contributed by atoms with Crippen molar-refractivity contribution in [1.82, 2.24) is 4.57 Å². The van der Waals surface area contributed by atoms with E-state index in [1.165, 1.54) is 18.3 Å². The van der Waals surface area contributed by atoms with E-state index in [1.807, 2.05) is 16.7 Å². The molecule has 24 heavy (non-hydrogen) atoms. The molecule has 1 aliphatic rings. The van der Waals surface area contributed by atoms with Crippen LogP contribution in [0.15, 0.2) is 17.1 Å². The lowest BCUT2D eigenvalue weighted by Crippen LogP contribution is -2.19. The van der Waals surface area contributed by atoms with Gasteiger partial charge in [0.25, 0.3) is 0 Å². The molecular formula is C16H18N2O5S. The summed E-state index contributed by atoms with van der Waals surface area (Å²) in [7, 11) is 0. The van der Waals surface area contributed by atoms with Gasteiger partial charge < -0.3 is 18.8 Å². The van der Waals surface area contributed by atoms with Crippen LogP contribution in [-0.2, 0) is 20.9 Å². The van der Waals surface area contributed by atoms with E-state index < -0.39 is 0 Å². The van der Waals surface area contributed by atoms with Crippen LogP contribution < -0.4 is 14.3 Å². The van der Waals surface area contributed by atoms with Gasteiger partial charge in [-0.15, -0.1) is 0 Å². The highest BCUT2D eigenvalue weighted by molar-refractivity contribution is 7.16. The Kier molecular flexibility index (Phi) is 4.84. The molecule has 0 radical (unpaired) electrons. The zero-order valence-corrected chi connectivity index (χ0v) is 14.4. The maximum atomic E-state index is 11.7. The van der Waals surface area contributed by atoms with Crippen molar-refractivity contribution in [3.8, 4) is 11.5 Å². The van der Waals surface area contributed by atoms with Crippen molar-refractivity contribution in [1.29, 1.82) is 0 Å². The molecule has 0 aliphatic carbocycles. The predicted molar refractivity (Wildman–Crippen MR) is 88.3 cm³/mol. The Morgan fingerprint density at radius 3 is 2.67 bits per heavy atom. The standard InChI is InChI=1S/C16H18N2O5S/c1-3-21-15(20)4-5-18-11-8-12-13(23-7-6-22-12)9-14(11)24-16(18)17-10(2)19/h8-9H,3-7H2,1-2H3. The Labute approximate surface area is 142 Å². The van der Waals surface area contributed by atoms with E-state index in [1.54, 1.807) is 6.92 Å². The number of amides is 1. The second kappa shape index (κ2) is 7.04. The number of rotatable bonds is 4. The van der Waals surface area contributed by atoms with Gasteiger partial charge in [-0.3, -0.25) is 9.59 Å². The quantitative estimate of drug-likeness (QED) is 0.787. The van der Waals surface area contributed by atoms with Gasteiger partial charge in [0.05, 0.1) is 23.2 Å². The fraction of sp³-hybridized carbons (Fsp3) is 0.438. The number of benzene rings is 1. The Morgan fingerprint density at radius 2 is 2.00 bits per heavy atom. The van der Waals surface area contributed by atoms with Gasteiger partial charge >= 0.3 is 5.97 Å². The maximum absolute atomic E-state index is 11.7. The summed E-state index contributed by atoms with van der Waals surface area (Å²) in [5, 5.41) is 0. The lowest BCUT2D eigenvalue weighted by molar-refractivity contribution is -0.143. The normalized spacial score (nSPS) is 14.0.